The summed E-state index contributed by atoms with van der Waals surface area (Å²) in [6, 6.07) is 4.08. The molecule has 1 aliphatic rings. The van der Waals surface area contributed by atoms with Gasteiger partial charge in [0.15, 0.2) is 0 Å². The summed E-state index contributed by atoms with van der Waals surface area (Å²) in [6.45, 7) is 4.40. The van der Waals surface area contributed by atoms with Crippen molar-refractivity contribution in [1.29, 1.82) is 0 Å². The zero-order valence-electron chi connectivity index (χ0n) is 7.87. The van der Waals surface area contributed by atoms with Crippen molar-refractivity contribution in [3.05, 3.63) is 41.0 Å². The van der Waals surface area contributed by atoms with Crippen molar-refractivity contribution in [3.63, 3.8) is 0 Å². The van der Waals surface area contributed by atoms with E-state index in [0.29, 0.717) is 0 Å². The molecule has 2 heterocycles. The molecule has 13 heavy (non-hydrogen) atoms. The molecule has 0 aliphatic carbocycles. The molecule has 0 N–H and O–H groups in total. The van der Waals surface area contributed by atoms with Gasteiger partial charge in [0, 0.05) is 0 Å². The van der Waals surface area contributed by atoms with Crippen molar-refractivity contribution in [2.75, 3.05) is 0 Å². The zero-order valence-corrected chi connectivity index (χ0v) is 9.97. The van der Waals surface area contributed by atoms with Crippen molar-refractivity contribution in [2.45, 2.75) is 13.8 Å². The Labute approximate surface area is 82.4 Å². The summed E-state index contributed by atoms with van der Waals surface area (Å²) in [5, 5.41) is 0. The Hall–Kier alpha value is -0.827. The van der Waals surface area contributed by atoms with Crippen molar-refractivity contribution in [2.24, 2.45) is 0 Å². The van der Waals surface area contributed by atoms with E-state index in [2.05, 4.69) is 37.0 Å². The third-order valence-corrected chi connectivity index (χ3v) is 7.73. The molecule has 66 valence electrons. The van der Waals surface area contributed by atoms with Gasteiger partial charge in [-0.1, -0.05) is 0 Å². The van der Waals surface area contributed by atoms with Gasteiger partial charge in [-0.2, -0.15) is 0 Å². The van der Waals surface area contributed by atoms with Gasteiger partial charge in [0.05, 0.1) is 0 Å². The fourth-order valence-electron chi connectivity index (χ4n) is 1.45. The van der Waals surface area contributed by atoms with Crippen molar-refractivity contribution in [3.8, 4) is 0 Å². The third-order valence-electron chi connectivity index (χ3n) is 2.39. The van der Waals surface area contributed by atoms with E-state index in [9.17, 15) is 0 Å². The molecule has 0 saturated heterocycles. The average molecular weight is 233 g/mol. The van der Waals surface area contributed by atoms with Crippen LogP contribution >= 0.6 is 0 Å². The molecule has 1 aliphatic heterocycles. The first-order valence-corrected chi connectivity index (χ1v) is 7.70. The molecule has 0 aromatic carbocycles. The van der Waals surface area contributed by atoms with Crippen molar-refractivity contribution >= 4 is 22.9 Å². The second-order valence-corrected chi connectivity index (χ2v) is 8.27. The summed E-state index contributed by atoms with van der Waals surface area (Å²) in [5.74, 6) is 0. The van der Waals surface area contributed by atoms with Crippen LogP contribution in [0.4, 0.5) is 0 Å². The molecule has 0 spiro atoms. The molecule has 2 heteroatoms. The molecule has 0 saturated carbocycles. The van der Waals surface area contributed by atoms with Crippen LogP contribution in [0, 0.1) is 0 Å². The normalized spacial score (nSPS) is 16.3. The minimum absolute atomic E-state index is 1.20. The number of allylic oxidation sites excluding steroid dienone is 3. The van der Waals surface area contributed by atoms with Crippen LogP contribution in [0.3, 0.4) is 0 Å². The monoisotopic (exact) mass is 234 g/mol. The number of hydrogen-bond acceptors (Lipinski definition) is 1. The molecule has 2 rings (SSSR count). The number of furan rings is 1. The van der Waals surface area contributed by atoms with E-state index >= 15 is 0 Å². The van der Waals surface area contributed by atoms with Crippen LogP contribution in [-0.4, -0.2) is 18.3 Å². The second kappa shape index (κ2) is 3.50. The minimum atomic E-state index is -1.37. The van der Waals surface area contributed by atoms with Gasteiger partial charge in [-0.05, 0) is 0 Å². The van der Waals surface area contributed by atoms with E-state index in [0.717, 1.165) is 0 Å². The molecule has 0 fully saturated rings. The molecule has 0 bridgehead atoms. The topological polar surface area (TPSA) is 13.1 Å². The van der Waals surface area contributed by atoms with Gasteiger partial charge in [0.1, 0.15) is 0 Å². The van der Waals surface area contributed by atoms with E-state index in [-0.39, 0.29) is 0 Å². The summed E-state index contributed by atoms with van der Waals surface area (Å²) < 4.78 is 8.20. The second-order valence-electron chi connectivity index (χ2n) is 3.22. The standard InChI is InChI=1S/C11H12GeO/c1-9-5-3-7-12(10(9)2)11-6-4-8-13-11/h3-8H,1-2H3. The van der Waals surface area contributed by atoms with E-state index in [1.165, 1.54) is 14.5 Å². The third kappa shape index (κ3) is 1.61. The van der Waals surface area contributed by atoms with Gasteiger partial charge in [0.25, 0.3) is 0 Å². The zero-order chi connectivity index (χ0) is 9.26. The molecule has 0 unspecified atom stereocenters. The summed E-state index contributed by atoms with van der Waals surface area (Å²) in [7, 11) is 0. The Morgan fingerprint density at radius 1 is 1.31 bits per heavy atom. The fourth-order valence-corrected chi connectivity index (χ4v) is 5.75. The summed E-state index contributed by atoms with van der Waals surface area (Å²) in [4.78, 5) is 2.33. The maximum atomic E-state index is 5.47. The molecular formula is C11H12GeO. The average Bonchev–Trinajstić information content (AvgIpc) is 2.62. The van der Waals surface area contributed by atoms with Crippen LogP contribution in [0.15, 0.2) is 45.4 Å². The van der Waals surface area contributed by atoms with E-state index < -0.39 is 13.9 Å². The van der Waals surface area contributed by atoms with E-state index in [4.69, 9.17) is 4.42 Å². The van der Waals surface area contributed by atoms with Crippen LogP contribution in [0.1, 0.15) is 13.8 Å². The van der Waals surface area contributed by atoms with E-state index in [1.807, 2.05) is 6.07 Å². The van der Waals surface area contributed by atoms with Gasteiger partial charge < -0.3 is 0 Å². The van der Waals surface area contributed by atoms with Crippen molar-refractivity contribution < 1.29 is 4.42 Å². The molecular weight excluding hydrogens is 221 g/mol. The van der Waals surface area contributed by atoms with Crippen LogP contribution in [-0.2, 0) is 0 Å². The first-order chi connectivity index (χ1) is 6.29. The Kier molecular flexibility index (Phi) is 2.36. The van der Waals surface area contributed by atoms with Crippen molar-refractivity contribution in [1.82, 2.24) is 0 Å². The number of hydrogen-bond donors (Lipinski definition) is 0. The first-order valence-electron chi connectivity index (χ1n) is 4.39. The predicted molar refractivity (Wildman–Crippen MR) is 57.7 cm³/mol. The maximum absolute atomic E-state index is 5.47. The summed E-state index contributed by atoms with van der Waals surface area (Å²) >= 11 is -1.37. The first kappa shape index (κ1) is 8.76. The Morgan fingerprint density at radius 2 is 2.15 bits per heavy atom. The molecule has 0 atom stereocenters. The molecule has 0 amide bonds. The Morgan fingerprint density at radius 3 is 2.85 bits per heavy atom. The Bertz CT molecular complexity index is 394. The van der Waals surface area contributed by atoms with E-state index in [1.54, 1.807) is 6.26 Å². The predicted octanol–water partition coefficient (Wildman–Crippen LogP) is 1.81. The van der Waals surface area contributed by atoms with Crippen LogP contribution in [0.25, 0.3) is 0 Å². The van der Waals surface area contributed by atoms with Gasteiger partial charge in [-0.3, -0.25) is 0 Å². The van der Waals surface area contributed by atoms with Crippen LogP contribution in [0.5, 0.6) is 0 Å². The SMILES string of the molecule is CC1=CC=[CH][Ge]([c]2ccco2)=[C]1C. The molecule has 1 aromatic heterocycles. The summed E-state index contributed by atoms with van der Waals surface area (Å²) in [5.41, 5.74) is 1.41. The Balaban J connectivity index is 2.51. The van der Waals surface area contributed by atoms with Gasteiger partial charge in [-0.25, -0.2) is 0 Å². The summed E-state index contributed by atoms with van der Waals surface area (Å²) in [6.07, 6.45) is 6.11. The van der Waals surface area contributed by atoms with Gasteiger partial charge in [0.2, 0.25) is 0 Å². The van der Waals surface area contributed by atoms with Gasteiger partial charge in [-0.15, -0.1) is 0 Å². The molecule has 1 nitrogen and oxygen atoms in total. The van der Waals surface area contributed by atoms with Crippen LogP contribution in [0.2, 0.25) is 0 Å². The van der Waals surface area contributed by atoms with Crippen LogP contribution < -0.4 is 4.59 Å². The quantitative estimate of drug-likeness (QED) is 0.674. The van der Waals surface area contributed by atoms with Gasteiger partial charge >= 0.3 is 82.1 Å². The molecule has 1 aromatic rings. The molecule has 0 radical (unpaired) electrons. The fraction of sp³-hybridized carbons (Fsp3) is 0.182. The number of rotatable bonds is 1.